The van der Waals surface area contributed by atoms with Crippen LogP contribution in [-0.4, -0.2) is 41.6 Å². The lowest BCUT2D eigenvalue weighted by Gasteiger charge is -2.26. The first kappa shape index (κ1) is 15.4. The summed E-state index contributed by atoms with van der Waals surface area (Å²) in [4.78, 5) is 14.8. The van der Waals surface area contributed by atoms with E-state index in [1.807, 2.05) is 11.8 Å². The maximum absolute atomic E-state index is 12.4. The molecule has 0 radical (unpaired) electrons. The fourth-order valence-electron chi connectivity index (χ4n) is 2.22. The molecule has 1 heterocycles. The summed E-state index contributed by atoms with van der Waals surface area (Å²) in [5.74, 6) is 0.634. The molecule has 0 aromatic rings. The Morgan fingerprint density at radius 1 is 1.56 bits per heavy atom. The molecule has 2 N–H and O–H groups in total. The van der Waals surface area contributed by atoms with E-state index in [0.717, 1.165) is 13.0 Å². The third-order valence-electron chi connectivity index (χ3n) is 3.07. The van der Waals surface area contributed by atoms with Gasteiger partial charge in [-0.1, -0.05) is 26.1 Å². The number of thiocarbonyl (C=S) groups is 1. The number of nitrogens with zero attached hydrogens (tertiary/aromatic N) is 1. The highest BCUT2D eigenvalue weighted by Gasteiger charge is 2.31. The molecule has 5 heteroatoms. The fourth-order valence-corrected chi connectivity index (χ4v) is 2.32. The Hall–Kier alpha value is -0.680. The monoisotopic (exact) mass is 272 g/mol. The number of amides is 1. The molecule has 0 aromatic heterocycles. The summed E-state index contributed by atoms with van der Waals surface area (Å²) in [6, 6.07) is 0. The smallest absolute Gasteiger partial charge is 0.228 e. The average molecular weight is 272 g/mol. The number of carbonyl (C=O) groups is 1. The summed E-state index contributed by atoms with van der Waals surface area (Å²) in [6.45, 7) is 8.14. The second-order valence-electron chi connectivity index (χ2n) is 5.47. The minimum Gasteiger partial charge on any atom is -0.393 e. The summed E-state index contributed by atoms with van der Waals surface area (Å²) < 4.78 is 5.47. The number of hydrogen-bond acceptors (Lipinski definition) is 3. The average Bonchev–Trinajstić information content (AvgIpc) is 2.69. The number of carbonyl (C=O) groups excluding carboxylic acids is 1. The molecule has 1 rings (SSSR count). The lowest BCUT2D eigenvalue weighted by molar-refractivity contribution is -0.135. The summed E-state index contributed by atoms with van der Waals surface area (Å²) in [6.07, 6.45) is 1.60. The third kappa shape index (κ3) is 4.90. The van der Waals surface area contributed by atoms with E-state index in [0.29, 0.717) is 30.5 Å². The zero-order valence-electron chi connectivity index (χ0n) is 11.5. The molecule has 4 nitrogen and oxygen atoms in total. The van der Waals surface area contributed by atoms with Crippen LogP contribution in [0.15, 0.2) is 0 Å². The zero-order valence-corrected chi connectivity index (χ0v) is 12.3. The molecule has 1 aliphatic rings. The van der Waals surface area contributed by atoms with Crippen LogP contribution in [0, 0.1) is 11.8 Å². The first-order valence-electron chi connectivity index (χ1n) is 6.58. The van der Waals surface area contributed by atoms with Crippen LogP contribution in [0.1, 0.15) is 33.6 Å². The molecule has 0 aliphatic carbocycles. The second-order valence-corrected chi connectivity index (χ2v) is 6.00. The van der Waals surface area contributed by atoms with Crippen LogP contribution < -0.4 is 5.73 Å². The Bertz CT molecular complexity index is 307. The fraction of sp³-hybridized carbons (Fsp3) is 0.846. The molecule has 104 valence electrons. The van der Waals surface area contributed by atoms with Crippen LogP contribution in [0.2, 0.25) is 0 Å². The molecule has 2 unspecified atom stereocenters. The van der Waals surface area contributed by atoms with Gasteiger partial charge in [0.15, 0.2) is 0 Å². The minimum atomic E-state index is 0.00472. The third-order valence-corrected chi connectivity index (χ3v) is 3.28. The van der Waals surface area contributed by atoms with Gasteiger partial charge in [0.05, 0.1) is 23.6 Å². The highest BCUT2D eigenvalue weighted by atomic mass is 32.1. The molecule has 0 bridgehead atoms. The lowest BCUT2D eigenvalue weighted by Crippen LogP contribution is -2.40. The van der Waals surface area contributed by atoms with Gasteiger partial charge in [-0.15, -0.1) is 0 Å². The number of nitrogens with two attached hydrogens (primary N) is 1. The highest BCUT2D eigenvalue weighted by molar-refractivity contribution is 7.80. The molecule has 0 spiro atoms. The van der Waals surface area contributed by atoms with Gasteiger partial charge in [0.25, 0.3) is 0 Å². The van der Waals surface area contributed by atoms with Gasteiger partial charge in [-0.3, -0.25) is 4.79 Å². The van der Waals surface area contributed by atoms with Gasteiger partial charge < -0.3 is 15.4 Å². The van der Waals surface area contributed by atoms with Crippen molar-refractivity contribution in [2.45, 2.75) is 39.7 Å². The molecule has 1 aliphatic heterocycles. The van der Waals surface area contributed by atoms with Gasteiger partial charge in [0.2, 0.25) is 5.91 Å². The summed E-state index contributed by atoms with van der Waals surface area (Å²) in [5.41, 5.74) is 5.52. The lowest BCUT2D eigenvalue weighted by atomic mass is 10.0. The van der Waals surface area contributed by atoms with E-state index in [4.69, 9.17) is 22.7 Å². The van der Waals surface area contributed by atoms with Gasteiger partial charge in [-0.05, 0) is 19.3 Å². The summed E-state index contributed by atoms with van der Waals surface area (Å²) in [5, 5.41) is 0. The van der Waals surface area contributed by atoms with Crippen molar-refractivity contribution in [1.29, 1.82) is 0 Å². The predicted octanol–water partition coefficient (Wildman–Crippen LogP) is 1.57. The Morgan fingerprint density at radius 3 is 2.67 bits per heavy atom. The molecule has 0 aromatic carbocycles. The van der Waals surface area contributed by atoms with Crippen molar-refractivity contribution in [2.24, 2.45) is 17.6 Å². The van der Waals surface area contributed by atoms with E-state index in [1.54, 1.807) is 0 Å². The normalized spacial score (nSPS) is 23.3. The maximum atomic E-state index is 12.4. The number of hydrogen-bond donors (Lipinski definition) is 1. The van der Waals surface area contributed by atoms with E-state index < -0.39 is 0 Å². The molecule has 0 saturated carbocycles. The van der Waals surface area contributed by atoms with Crippen molar-refractivity contribution in [1.82, 2.24) is 4.90 Å². The Kier molecular flexibility index (Phi) is 6.02. The van der Waals surface area contributed by atoms with Crippen molar-refractivity contribution in [3.05, 3.63) is 0 Å². The van der Waals surface area contributed by atoms with Crippen molar-refractivity contribution < 1.29 is 9.53 Å². The first-order chi connectivity index (χ1) is 8.40. The molecule has 1 fully saturated rings. The van der Waals surface area contributed by atoms with Crippen molar-refractivity contribution in [2.75, 3.05) is 19.7 Å². The van der Waals surface area contributed by atoms with Gasteiger partial charge in [-0.2, -0.15) is 0 Å². The Morgan fingerprint density at radius 2 is 2.22 bits per heavy atom. The SMILES string of the molecule is CC(C)CN(CCC(N)=S)C(=O)C1COC(C)C1. The summed E-state index contributed by atoms with van der Waals surface area (Å²) in [7, 11) is 0. The standard InChI is InChI=1S/C13H24N2O2S/c1-9(2)7-15(5-4-12(14)18)13(16)11-6-10(3)17-8-11/h9-11H,4-8H2,1-3H3,(H2,14,18). The maximum Gasteiger partial charge on any atom is 0.228 e. The van der Waals surface area contributed by atoms with Crippen LogP contribution in [-0.2, 0) is 9.53 Å². The van der Waals surface area contributed by atoms with E-state index in [-0.39, 0.29) is 17.9 Å². The number of ether oxygens (including phenoxy) is 1. The van der Waals surface area contributed by atoms with Crippen LogP contribution in [0.3, 0.4) is 0 Å². The Labute approximate surface area is 115 Å². The van der Waals surface area contributed by atoms with Gasteiger partial charge in [-0.25, -0.2) is 0 Å². The van der Waals surface area contributed by atoms with Crippen LogP contribution in [0.4, 0.5) is 0 Å². The van der Waals surface area contributed by atoms with Crippen molar-refractivity contribution >= 4 is 23.1 Å². The van der Waals surface area contributed by atoms with E-state index in [2.05, 4.69) is 13.8 Å². The molecule has 1 saturated heterocycles. The van der Waals surface area contributed by atoms with Gasteiger partial charge >= 0.3 is 0 Å². The minimum absolute atomic E-state index is 0.00472. The highest BCUT2D eigenvalue weighted by Crippen LogP contribution is 2.21. The van der Waals surface area contributed by atoms with E-state index in [1.165, 1.54) is 0 Å². The van der Waals surface area contributed by atoms with Crippen molar-refractivity contribution in [3.63, 3.8) is 0 Å². The van der Waals surface area contributed by atoms with E-state index >= 15 is 0 Å². The quantitative estimate of drug-likeness (QED) is 0.746. The van der Waals surface area contributed by atoms with Gasteiger partial charge in [0, 0.05) is 19.5 Å². The zero-order chi connectivity index (χ0) is 13.7. The Balaban J connectivity index is 2.57. The molecule has 2 atom stereocenters. The van der Waals surface area contributed by atoms with Crippen LogP contribution >= 0.6 is 12.2 Å². The molecule has 1 amide bonds. The van der Waals surface area contributed by atoms with Crippen molar-refractivity contribution in [3.8, 4) is 0 Å². The molecular formula is C13H24N2O2S. The van der Waals surface area contributed by atoms with Gasteiger partial charge in [0.1, 0.15) is 0 Å². The second kappa shape index (κ2) is 7.04. The largest absolute Gasteiger partial charge is 0.393 e. The summed E-state index contributed by atoms with van der Waals surface area (Å²) >= 11 is 4.88. The number of rotatable bonds is 6. The first-order valence-corrected chi connectivity index (χ1v) is 6.99. The topological polar surface area (TPSA) is 55.6 Å². The molecule has 18 heavy (non-hydrogen) atoms. The molecular weight excluding hydrogens is 248 g/mol. The van der Waals surface area contributed by atoms with Crippen LogP contribution in [0.5, 0.6) is 0 Å². The van der Waals surface area contributed by atoms with Crippen LogP contribution in [0.25, 0.3) is 0 Å². The van der Waals surface area contributed by atoms with E-state index in [9.17, 15) is 4.79 Å². The predicted molar refractivity (Wildman–Crippen MR) is 76.3 cm³/mol.